The van der Waals surface area contributed by atoms with Crippen molar-refractivity contribution in [3.8, 4) is 11.8 Å². The molecular formula is C23H20F2N2O4. The Morgan fingerprint density at radius 1 is 1.23 bits per heavy atom. The van der Waals surface area contributed by atoms with Gasteiger partial charge in [0.15, 0.2) is 17.4 Å². The Bertz CT molecular complexity index is 1080. The number of halogens is 2. The van der Waals surface area contributed by atoms with Crippen LogP contribution in [-0.4, -0.2) is 12.6 Å². The fourth-order valence-corrected chi connectivity index (χ4v) is 3.30. The highest BCUT2D eigenvalue weighted by molar-refractivity contribution is 5.92. The van der Waals surface area contributed by atoms with E-state index in [0.29, 0.717) is 0 Å². The molecule has 0 saturated heterocycles. The monoisotopic (exact) mass is 426 g/mol. The van der Waals surface area contributed by atoms with Crippen LogP contribution in [0, 0.1) is 23.0 Å². The SMILES string of the molecule is CCOC(=O)C1=C(C)OC(N)=C(C#N)C1c1cc(F)c(OCc2ccccc2)c(F)c1. The summed E-state index contributed by atoms with van der Waals surface area (Å²) in [6, 6.07) is 12.8. The van der Waals surface area contributed by atoms with E-state index in [0.717, 1.165) is 17.7 Å². The predicted octanol–water partition coefficient (Wildman–Crippen LogP) is 4.19. The van der Waals surface area contributed by atoms with Crippen molar-refractivity contribution in [1.29, 1.82) is 5.26 Å². The van der Waals surface area contributed by atoms with Crippen molar-refractivity contribution in [3.63, 3.8) is 0 Å². The number of rotatable bonds is 6. The molecule has 31 heavy (non-hydrogen) atoms. The maximum absolute atomic E-state index is 14.8. The lowest BCUT2D eigenvalue weighted by molar-refractivity contribution is -0.139. The molecule has 8 heteroatoms. The van der Waals surface area contributed by atoms with Crippen molar-refractivity contribution < 1.29 is 27.8 Å². The predicted molar refractivity (Wildman–Crippen MR) is 107 cm³/mol. The standard InChI is InChI=1S/C23H20F2N2O4/c1-3-29-23(28)19-13(2)31-22(27)16(11-26)20(19)15-9-17(24)21(18(25)10-15)30-12-14-7-5-4-6-8-14/h4-10,20H,3,12,27H2,1-2H3. The van der Waals surface area contributed by atoms with Gasteiger partial charge in [-0.1, -0.05) is 30.3 Å². The van der Waals surface area contributed by atoms with Crippen LogP contribution in [0.2, 0.25) is 0 Å². The Kier molecular flexibility index (Phi) is 6.55. The number of nitrogens with zero attached hydrogens (tertiary/aromatic N) is 1. The smallest absolute Gasteiger partial charge is 0.338 e. The number of carbonyl (C=O) groups excluding carboxylic acids is 1. The van der Waals surface area contributed by atoms with Gasteiger partial charge in [-0.3, -0.25) is 0 Å². The third kappa shape index (κ3) is 4.51. The van der Waals surface area contributed by atoms with E-state index in [1.54, 1.807) is 31.2 Å². The third-order valence-corrected chi connectivity index (χ3v) is 4.68. The quantitative estimate of drug-likeness (QED) is 0.696. The summed E-state index contributed by atoms with van der Waals surface area (Å²) in [6.45, 7) is 3.11. The number of benzene rings is 2. The number of nitrogens with two attached hydrogens (primary N) is 1. The number of esters is 1. The second-order valence-corrected chi connectivity index (χ2v) is 6.70. The zero-order chi connectivity index (χ0) is 22.5. The Morgan fingerprint density at radius 3 is 2.45 bits per heavy atom. The zero-order valence-corrected chi connectivity index (χ0v) is 16.9. The van der Waals surface area contributed by atoms with E-state index in [4.69, 9.17) is 19.9 Å². The highest BCUT2D eigenvalue weighted by Gasteiger charge is 2.37. The van der Waals surface area contributed by atoms with E-state index in [1.807, 2.05) is 12.1 Å². The van der Waals surface area contributed by atoms with Crippen LogP contribution in [0.3, 0.4) is 0 Å². The van der Waals surface area contributed by atoms with Gasteiger partial charge in [-0.15, -0.1) is 0 Å². The van der Waals surface area contributed by atoms with Crippen molar-refractivity contribution >= 4 is 5.97 Å². The van der Waals surface area contributed by atoms with Crippen LogP contribution in [0.15, 0.2) is 65.3 Å². The van der Waals surface area contributed by atoms with E-state index in [1.165, 1.54) is 6.92 Å². The molecule has 1 aliphatic rings. The normalized spacial score (nSPS) is 15.9. The lowest BCUT2D eigenvalue weighted by Crippen LogP contribution is -2.25. The molecule has 0 bridgehead atoms. The second-order valence-electron chi connectivity index (χ2n) is 6.70. The highest BCUT2D eigenvalue weighted by Crippen LogP contribution is 2.41. The van der Waals surface area contributed by atoms with Crippen LogP contribution in [0.25, 0.3) is 0 Å². The molecule has 6 nitrogen and oxygen atoms in total. The minimum Gasteiger partial charge on any atom is -0.483 e. The molecule has 1 unspecified atom stereocenters. The molecule has 160 valence electrons. The molecule has 0 spiro atoms. The molecule has 2 aromatic carbocycles. The molecule has 0 radical (unpaired) electrons. The first-order valence-corrected chi connectivity index (χ1v) is 9.48. The average molecular weight is 426 g/mol. The molecule has 1 heterocycles. The molecular weight excluding hydrogens is 406 g/mol. The first kappa shape index (κ1) is 21.8. The maximum Gasteiger partial charge on any atom is 0.338 e. The highest BCUT2D eigenvalue weighted by atomic mass is 19.1. The summed E-state index contributed by atoms with van der Waals surface area (Å²) in [7, 11) is 0. The van der Waals surface area contributed by atoms with Crippen molar-refractivity contribution in [2.75, 3.05) is 6.61 Å². The van der Waals surface area contributed by atoms with Gasteiger partial charge in [-0.05, 0) is 37.1 Å². The van der Waals surface area contributed by atoms with E-state index in [-0.39, 0.29) is 41.6 Å². The Balaban J connectivity index is 2.01. The summed E-state index contributed by atoms with van der Waals surface area (Å²) >= 11 is 0. The van der Waals surface area contributed by atoms with E-state index in [2.05, 4.69) is 0 Å². The van der Waals surface area contributed by atoms with Gasteiger partial charge in [0.1, 0.15) is 24.0 Å². The van der Waals surface area contributed by atoms with Gasteiger partial charge in [-0.25, -0.2) is 13.6 Å². The molecule has 0 fully saturated rings. The molecule has 2 N–H and O–H groups in total. The lowest BCUT2D eigenvalue weighted by Gasteiger charge is -2.27. The first-order chi connectivity index (χ1) is 14.9. The molecule has 0 aromatic heterocycles. The van der Waals surface area contributed by atoms with Crippen LogP contribution >= 0.6 is 0 Å². The van der Waals surface area contributed by atoms with Crippen LogP contribution < -0.4 is 10.5 Å². The fraction of sp³-hybridized carbons (Fsp3) is 0.217. The van der Waals surface area contributed by atoms with Crippen molar-refractivity contribution in [2.24, 2.45) is 5.73 Å². The minimum absolute atomic E-state index is 0.00673. The largest absolute Gasteiger partial charge is 0.483 e. The molecule has 1 atom stereocenters. The number of nitriles is 1. The summed E-state index contributed by atoms with van der Waals surface area (Å²) in [6.07, 6.45) is 0. The molecule has 3 rings (SSSR count). The molecule has 2 aromatic rings. The summed E-state index contributed by atoms with van der Waals surface area (Å²) in [5.41, 5.74) is 6.34. The summed E-state index contributed by atoms with van der Waals surface area (Å²) in [4.78, 5) is 12.5. The Hall–Kier alpha value is -3.86. The second kappa shape index (κ2) is 9.30. The molecule has 0 aliphatic carbocycles. The van der Waals surface area contributed by atoms with E-state index in [9.17, 15) is 18.8 Å². The van der Waals surface area contributed by atoms with Gasteiger partial charge in [0.2, 0.25) is 5.88 Å². The third-order valence-electron chi connectivity index (χ3n) is 4.68. The van der Waals surface area contributed by atoms with Crippen LogP contribution in [0.5, 0.6) is 5.75 Å². The van der Waals surface area contributed by atoms with Crippen LogP contribution in [0.1, 0.15) is 30.9 Å². The topological polar surface area (TPSA) is 94.6 Å². The van der Waals surface area contributed by atoms with Gasteiger partial charge < -0.3 is 19.9 Å². The lowest BCUT2D eigenvalue weighted by atomic mass is 9.83. The Morgan fingerprint density at radius 2 is 1.87 bits per heavy atom. The maximum atomic E-state index is 14.8. The van der Waals surface area contributed by atoms with Gasteiger partial charge in [-0.2, -0.15) is 5.26 Å². The van der Waals surface area contributed by atoms with Crippen LogP contribution in [-0.2, 0) is 20.9 Å². The van der Waals surface area contributed by atoms with Gasteiger partial charge in [0.25, 0.3) is 0 Å². The molecule has 1 aliphatic heterocycles. The van der Waals surface area contributed by atoms with Gasteiger partial charge in [0, 0.05) is 0 Å². The van der Waals surface area contributed by atoms with Crippen molar-refractivity contribution in [3.05, 3.63) is 88.0 Å². The number of ether oxygens (including phenoxy) is 3. The molecule has 0 amide bonds. The summed E-state index contributed by atoms with van der Waals surface area (Å²) in [5, 5.41) is 9.56. The van der Waals surface area contributed by atoms with E-state index >= 15 is 0 Å². The van der Waals surface area contributed by atoms with Gasteiger partial charge in [0.05, 0.1) is 18.1 Å². The van der Waals surface area contributed by atoms with Gasteiger partial charge >= 0.3 is 5.97 Å². The van der Waals surface area contributed by atoms with E-state index < -0.39 is 29.3 Å². The minimum atomic E-state index is -1.15. The number of hydrogen-bond donors (Lipinski definition) is 1. The number of allylic oxidation sites excluding steroid dienone is 2. The Labute approximate surface area is 178 Å². The fourth-order valence-electron chi connectivity index (χ4n) is 3.30. The van der Waals surface area contributed by atoms with Crippen molar-refractivity contribution in [1.82, 2.24) is 0 Å². The molecule has 0 saturated carbocycles. The number of hydrogen-bond acceptors (Lipinski definition) is 6. The number of carbonyl (C=O) groups is 1. The summed E-state index contributed by atoms with van der Waals surface area (Å²) < 4.78 is 45.3. The zero-order valence-electron chi connectivity index (χ0n) is 16.9. The summed E-state index contributed by atoms with van der Waals surface area (Å²) in [5.74, 6) is -4.59. The van der Waals surface area contributed by atoms with Crippen molar-refractivity contribution in [2.45, 2.75) is 26.4 Å². The first-order valence-electron chi connectivity index (χ1n) is 9.48. The van der Waals surface area contributed by atoms with Crippen LogP contribution in [0.4, 0.5) is 8.78 Å². The average Bonchev–Trinajstić information content (AvgIpc) is 2.73.